The van der Waals surface area contributed by atoms with E-state index in [1.165, 1.54) is 12.8 Å². The largest absolute Gasteiger partial charge is 0.381 e. The van der Waals surface area contributed by atoms with Crippen molar-refractivity contribution in [3.63, 3.8) is 0 Å². The minimum Gasteiger partial charge on any atom is -0.381 e. The van der Waals surface area contributed by atoms with Crippen LogP contribution in [-0.2, 0) is 9.47 Å². The number of hydrogen-bond donors (Lipinski definition) is 1. The zero-order valence-corrected chi connectivity index (χ0v) is 18.9. The van der Waals surface area contributed by atoms with Gasteiger partial charge in [-0.1, -0.05) is 6.92 Å². The highest BCUT2D eigenvalue weighted by Crippen LogP contribution is 2.29. The lowest BCUT2D eigenvalue weighted by Gasteiger charge is -2.28. The van der Waals surface area contributed by atoms with Crippen LogP contribution in [0.2, 0.25) is 0 Å². The van der Waals surface area contributed by atoms with Crippen LogP contribution >= 0.6 is 0 Å². The minimum absolute atomic E-state index is 0.126. The van der Waals surface area contributed by atoms with Crippen LogP contribution in [0, 0.1) is 12.8 Å². The Hall–Kier alpha value is -1.99. The molecule has 7 nitrogen and oxygen atoms in total. The summed E-state index contributed by atoms with van der Waals surface area (Å²) < 4.78 is 13.3. The molecule has 1 N–H and O–H groups in total. The number of hydrogen-bond acceptors (Lipinski definition) is 5. The molecule has 1 saturated heterocycles. The Morgan fingerprint density at radius 3 is 2.74 bits per heavy atom. The molecule has 0 unspecified atom stereocenters. The number of ether oxygens (including phenoxy) is 2. The van der Waals surface area contributed by atoms with Gasteiger partial charge in [0.1, 0.15) is 6.33 Å². The molecular weight excluding hydrogens is 392 g/mol. The molecule has 1 aliphatic carbocycles. The van der Waals surface area contributed by atoms with Crippen LogP contribution < -0.4 is 5.32 Å². The zero-order valence-electron chi connectivity index (χ0n) is 18.9. The molecule has 0 bridgehead atoms. The van der Waals surface area contributed by atoms with Crippen LogP contribution in [0.1, 0.15) is 86.1 Å². The lowest BCUT2D eigenvalue weighted by Crippen LogP contribution is -2.28. The third-order valence-corrected chi connectivity index (χ3v) is 6.76. The first-order valence-corrected chi connectivity index (χ1v) is 12.0. The molecule has 170 valence electrons. The van der Waals surface area contributed by atoms with Crippen molar-refractivity contribution < 1.29 is 14.3 Å². The summed E-state index contributed by atoms with van der Waals surface area (Å²) in [5.41, 5.74) is 3.19. The van der Waals surface area contributed by atoms with E-state index in [-0.39, 0.29) is 5.91 Å². The molecule has 3 heterocycles. The molecule has 2 aromatic rings. The minimum atomic E-state index is -0.126. The Morgan fingerprint density at radius 1 is 1.23 bits per heavy atom. The van der Waals surface area contributed by atoms with Crippen LogP contribution in [0.3, 0.4) is 0 Å². The molecule has 1 aliphatic heterocycles. The number of fused-ring (bicyclic) bond motifs is 1. The molecule has 1 saturated carbocycles. The molecule has 7 heteroatoms. The lowest BCUT2D eigenvalue weighted by atomic mass is 9.85. The summed E-state index contributed by atoms with van der Waals surface area (Å²) >= 11 is 0. The van der Waals surface area contributed by atoms with E-state index in [0.29, 0.717) is 35.8 Å². The molecule has 0 atom stereocenters. The van der Waals surface area contributed by atoms with Gasteiger partial charge in [-0.2, -0.15) is 0 Å². The quantitative estimate of drug-likeness (QED) is 0.687. The summed E-state index contributed by atoms with van der Waals surface area (Å²) in [6, 6.07) is 2.12. The maximum atomic E-state index is 12.9. The maximum absolute atomic E-state index is 12.9. The van der Waals surface area contributed by atoms with Crippen molar-refractivity contribution in [1.82, 2.24) is 19.7 Å². The van der Waals surface area contributed by atoms with E-state index >= 15 is 0 Å². The summed E-state index contributed by atoms with van der Waals surface area (Å²) in [7, 11) is 0. The van der Waals surface area contributed by atoms with E-state index in [2.05, 4.69) is 23.3 Å². The molecule has 0 aromatic carbocycles. The maximum Gasteiger partial charge on any atom is 0.273 e. The van der Waals surface area contributed by atoms with E-state index < -0.39 is 0 Å². The number of nitrogens with zero attached hydrogens (tertiary/aromatic N) is 3. The smallest absolute Gasteiger partial charge is 0.273 e. The second-order valence-electron chi connectivity index (χ2n) is 9.05. The number of nitrogens with one attached hydrogen (secondary N) is 1. The molecule has 0 spiro atoms. The Balaban J connectivity index is 1.33. The molecule has 4 rings (SSSR count). The van der Waals surface area contributed by atoms with Gasteiger partial charge in [-0.15, -0.1) is 0 Å². The fourth-order valence-corrected chi connectivity index (χ4v) is 4.85. The third kappa shape index (κ3) is 5.44. The highest BCUT2D eigenvalue weighted by Gasteiger charge is 2.23. The van der Waals surface area contributed by atoms with Crippen LogP contribution in [0.15, 0.2) is 12.4 Å². The molecule has 2 fully saturated rings. The number of aromatic nitrogens is 3. The number of amides is 1. The van der Waals surface area contributed by atoms with E-state index in [1.54, 1.807) is 6.33 Å². The summed E-state index contributed by atoms with van der Waals surface area (Å²) in [4.78, 5) is 22.1. The van der Waals surface area contributed by atoms with Crippen LogP contribution in [0.4, 0.5) is 0 Å². The van der Waals surface area contributed by atoms with Gasteiger partial charge in [0.25, 0.3) is 5.91 Å². The summed E-state index contributed by atoms with van der Waals surface area (Å²) in [6.07, 6.45) is 10.8. The first-order valence-electron chi connectivity index (χ1n) is 12.0. The zero-order chi connectivity index (χ0) is 21.6. The van der Waals surface area contributed by atoms with E-state index in [0.717, 1.165) is 69.7 Å². The molecule has 31 heavy (non-hydrogen) atoms. The predicted octanol–water partition coefficient (Wildman–Crippen LogP) is 4.04. The predicted molar refractivity (Wildman–Crippen MR) is 119 cm³/mol. The second kappa shape index (κ2) is 10.6. The van der Waals surface area contributed by atoms with Crippen molar-refractivity contribution in [2.24, 2.45) is 5.92 Å². The number of imidazole rings is 1. The number of rotatable bonds is 8. The molecule has 1 amide bonds. The monoisotopic (exact) mass is 428 g/mol. The topological polar surface area (TPSA) is 77.8 Å². The van der Waals surface area contributed by atoms with Crippen molar-refractivity contribution in [2.75, 3.05) is 26.4 Å². The van der Waals surface area contributed by atoms with Crippen LogP contribution in [0.25, 0.3) is 5.65 Å². The average molecular weight is 429 g/mol. The van der Waals surface area contributed by atoms with Gasteiger partial charge in [0.2, 0.25) is 0 Å². The SMILES string of the molecule is CCCOC1CCC(CCNC(=O)c2ncn3c(C)cc(C4CCOCC4)nc23)CC1. The van der Waals surface area contributed by atoms with Crippen molar-refractivity contribution in [2.45, 2.75) is 77.2 Å². The number of aryl methyl sites for hydroxylation is 1. The Labute approximate surface area is 184 Å². The summed E-state index contributed by atoms with van der Waals surface area (Å²) in [6.45, 7) is 7.29. The molecule has 2 aromatic heterocycles. The molecule has 0 radical (unpaired) electrons. The van der Waals surface area contributed by atoms with Gasteiger partial charge in [0.05, 0.1) is 6.10 Å². The number of carbonyl (C=O) groups excluding carboxylic acids is 1. The Morgan fingerprint density at radius 2 is 2.00 bits per heavy atom. The van der Waals surface area contributed by atoms with E-state index in [1.807, 2.05) is 11.3 Å². The molecular formula is C24H36N4O3. The second-order valence-corrected chi connectivity index (χ2v) is 9.05. The first-order chi connectivity index (χ1) is 15.2. The highest BCUT2D eigenvalue weighted by atomic mass is 16.5. The fourth-order valence-electron chi connectivity index (χ4n) is 4.85. The van der Waals surface area contributed by atoms with E-state index in [9.17, 15) is 4.79 Å². The van der Waals surface area contributed by atoms with Crippen LogP contribution in [-0.4, -0.2) is 52.7 Å². The average Bonchev–Trinajstić information content (AvgIpc) is 3.24. The lowest BCUT2D eigenvalue weighted by molar-refractivity contribution is 0.0177. The van der Waals surface area contributed by atoms with Crippen molar-refractivity contribution >= 4 is 11.6 Å². The standard InChI is InChI=1S/C24H36N4O3/c1-3-12-31-20-6-4-18(5-7-20)8-11-25-24(29)22-23-27-21(19-9-13-30-14-10-19)15-17(2)28(23)16-26-22/h15-16,18-20H,3-14H2,1-2H3,(H,25,29). The first kappa shape index (κ1) is 22.2. The van der Waals surface area contributed by atoms with Crippen molar-refractivity contribution in [3.8, 4) is 0 Å². The summed E-state index contributed by atoms with van der Waals surface area (Å²) in [5, 5.41) is 3.08. The molecule has 2 aliphatic rings. The van der Waals surface area contributed by atoms with E-state index in [4.69, 9.17) is 14.5 Å². The van der Waals surface area contributed by atoms with Gasteiger partial charge in [-0.25, -0.2) is 9.97 Å². The normalized spacial score (nSPS) is 22.6. The van der Waals surface area contributed by atoms with Gasteiger partial charge in [-0.05, 0) is 70.3 Å². The number of carbonyl (C=O) groups is 1. The van der Waals surface area contributed by atoms with Crippen molar-refractivity contribution in [3.05, 3.63) is 29.5 Å². The Bertz CT molecular complexity index is 867. The van der Waals surface area contributed by atoms with Gasteiger partial charge >= 0.3 is 0 Å². The highest BCUT2D eigenvalue weighted by molar-refractivity contribution is 5.98. The summed E-state index contributed by atoms with van der Waals surface area (Å²) in [5.74, 6) is 0.930. The third-order valence-electron chi connectivity index (χ3n) is 6.76. The van der Waals surface area contributed by atoms with Crippen LogP contribution in [0.5, 0.6) is 0 Å². The van der Waals surface area contributed by atoms with Gasteiger partial charge in [-0.3, -0.25) is 9.20 Å². The van der Waals surface area contributed by atoms with Gasteiger partial charge in [0, 0.05) is 43.7 Å². The van der Waals surface area contributed by atoms with Gasteiger partial charge in [0.15, 0.2) is 11.3 Å². The van der Waals surface area contributed by atoms with Gasteiger partial charge < -0.3 is 14.8 Å². The van der Waals surface area contributed by atoms with Crippen molar-refractivity contribution in [1.29, 1.82) is 0 Å². The Kier molecular flexibility index (Phi) is 7.56. The fraction of sp³-hybridized carbons (Fsp3) is 0.708.